The minimum atomic E-state index is -1.24. The number of rotatable bonds is 7. The fourth-order valence-corrected chi connectivity index (χ4v) is 7.50. The summed E-state index contributed by atoms with van der Waals surface area (Å²) in [5, 5.41) is 11.6. The van der Waals surface area contributed by atoms with Crippen molar-refractivity contribution in [2.45, 2.75) is 97.1 Å². The number of epoxide rings is 1. The number of esters is 3. The van der Waals surface area contributed by atoms with Gasteiger partial charge in [-0.3, -0.25) is 14.4 Å². The molecule has 3 fully saturated rings. The van der Waals surface area contributed by atoms with E-state index in [-0.39, 0.29) is 37.6 Å². The van der Waals surface area contributed by atoms with Gasteiger partial charge in [0.1, 0.15) is 18.3 Å². The minimum Gasteiger partial charge on any atom is -0.472 e. The average Bonchev–Trinajstić information content (AvgIpc) is 3.36. The van der Waals surface area contributed by atoms with Gasteiger partial charge in [-0.25, -0.2) is 0 Å². The number of hydrogen-bond acceptors (Lipinski definition) is 10. The first-order valence-electron chi connectivity index (χ1n) is 13.9. The van der Waals surface area contributed by atoms with Crippen LogP contribution in [0.15, 0.2) is 24.0 Å². The standard InChI is InChI=1S/C29H40O10/c1-7-15(2)25(33)39-24-20(32)12-21-27(6,22-11-19-8-9-34-26(19)38-22)16(3)10-23(37-18(5)31)28(21,13-35-17(4)30)29(24)14-36-29/h8-10,15,19-24,26,32H,7,11-14H2,1-6H3/t15?,19-,20-,21-,22+,23+,24+,26+,27+,28+,29-/m1/s1. The number of fused-ring (bicyclic) bond motifs is 3. The van der Waals surface area contributed by atoms with Crippen LogP contribution in [-0.2, 0) is 42.8 Å². The molecule has 0 aromatic rings. The number of carbonyl (C=O) groups excluding carboxylic acids is 3. The second-order valence-electron chi connectivity index (χ2n) is 12.0. The van der Waals surface area contributed by atoms with Gasteiger partial charge in [-0.05, 0) is 44.3 Å². The summed E-state index contributed by atoms with van der Waals surface area (Å²) in [6.45, 7) is 10.4. The van der Waals surface area contributed by atoms with E-state index in [2.05, 4.69) is 6.92 Å². The van der Waals surface area contributed by atoms with Crippen LogP contribution in [0.3, 0.4) is 0 Å². The Bertz CT molecular complexity index is 1080. The molecular weight excluding hydrogens is 508 g/mol. The Morgan fingerprint density at radius 3 is 2.49 bits per heavy atom. The molecule has 216 valence electrons. The second-order valence-corrected chi connectivity index (χ2v) is 12.0. The Kier molecular flexibility index (Phi) is 7.13. The van der Waals surface area contributed by atoms with Crippen LogP contribution in [0.2, 0.25) is 0 Å². The van der Waals surface area contributed by atoms with Gasteiger partial charge in [0.15, 0.2) is 6.10 Å². The largest absolute Gasteiger partial charge is 0.472 e. The third kappa shape index (κ3) is 4.21. The van der Waals surface area contributed by atoms with E-state index in [1.807, 2.05) is 26.0 Å². The van der Waals surface area contributed by atoms with Gasteiger partial charge in [-0.15, -0.1) is 0 Å². The SMILES string of the molecule is CCC(C)C(=O)O[C@H]1[C@H](O)C[C@@H]2[C@@](C)([C@@H]3C[C@H]4C=CO[C@H]4O3)C(C)=C[C@H](OC(C)=O)[C@@]2(COC(C)=O)[C@@]12CO2. The molecule has 11 atom stereocenters. The van der Waals surface area contributed by atoms with Crippen molar-refractivity contribution < 1.29 is 47.9 Å². The van der Waals surface area contributed by atoms with E-state index in [0.717, 1.165) is 5.57 Å². The number of aliphatic hydroxyl groups is 1. The van der Waals surface area contributed by atoms with Crippen LogP contribution >= 0.6 is 0 Å². The van der Waals surface area contributed by atoms with E-state index >= 15 is 0 Å². The number of hydrogen-bond donors (Lipinski definition) is 1. The highest BCUT2D eigenvalue weighted by Crippen LogP contribution is 2.69. The summed E-state index contributed by atoms with van der Waals surface area (Å²) in [6, 6.07) is 0. The lowest BCUT2D eigenvalue weighted by atomic mass is 9.44. The van der Waals surface area contributed by atoms with E-state index in [4.69, 9.17) is 28.4 Å². The van der Waals surface area contributed by atoms with Crippen molar-refractivity contribution in [1.29, 1.82) is 0 Å². The van der Waals surface area contributed by atoms with Crippen LogP contribution in [0.1, 0.15) is 60.8 Å². The van der Waals surface area contributed by atoms with Gasteiger partial charge in [0.05, 0.1) is 36.4 Å². The van der Waals surface area contributed by atoms with Crippen molar-refractivity contribution in [1.82, 2.24) is 0 Å². The quantitative estimate of drug-likeness (QED) is 0.219. The highest BCUT2D eigenvalue weighted by atomic mass is 16.7. The van der Waals surface area contributed by atoms with Gasteiger partial charge in [-0.1, -0.05) is 26.3 Å². The molecule has 0 aromatic heterocycles. The summed E-state index contributed by atoms with van der Waals surface area (Å²) in [7, 11) is 0. The maximum Gasteiger partial charge on any atom is 0.309 e. The molecule has 0 radical (unpaired) electrons. The molecule has 1 saturated carbocycles. The first-order valence-corrected chi connectivity index (χ1v) is 13.9. The van der Waals surface area contributed by atoms with Crippen LogP contribution in [0.25, 0.3) is 0 Å². The van der Waals surface area contributed by atoms with E-state index in [9.17, 15) is 19.5 Å². The highest BCUT2D eigenvalue weighted by molar-refractivity contribution is 5.72. The summed E-state index contributed by atoms with van der Waals surface area (Å²) in [4.78, 5) is 37.6. The summed E-state index contributed by atoms with van der Waals surface area (Å²) in [5.74, 6) is -2.16. The van der Waals surface area contributed by atoms with Gasteiger partial charge >= 0.3 is 17.9 Å². The third-order valence-corrected chi connectivity index (χ3v) is 10.0. The van der Waals surface area contributed by atoms with Gasteiger partial charge < -0.3 is 33.5 Å². The van der Waals surface area contributed by atoms with Crippen LogP contribution < -0.4 is 0 Å². The minimum absolute atomic E-state index is 0.0950. The number of carbonyl (C=O) groups is 3. The monoisotopic (exact) mass is 548 g/mol. The first kappa shape index (κ1) is 28.1. The molecule has 0 aromatic carbocycles. The lowest BCUT2D eigenvalue weighted by molar-refractivity contribution is -0.248. The Morgan fingerprint density at radius 2 is 1.90 bits per heavy atom. The topological polar surface area (TPSA) is 130 Å². The molecule has 1 unspecified atom stereocenters. The second kappa shape index (κ2) is 9.89. The predicted molar refractivity (Wildman–Crippen MR) is 136 cm³/mol. The van der Waals surface area contributed by atoms with Crippen molar-refractivity contribution in [2.75, 3.05) is 13.2 Å². The molecule has 1 N–H and O–H groups in total. The van der Waals surface area contributed by atoms with E-state index < -0.39 is 64.9 Å². The van der Waals surface area contributed by atoms with Gasteiger partial charge in [0.2, 0.25) is 6.29 Å². The van der Waals surface area contributed by atoms with E-state index in [1.165, 1.54) is 13.8 Å². The molecule has 39 heavy (non-hydrogen) atoms. The zero-order chi connectivity index (χ0) is 28.3. The van der Waals surface area contributed by atoms with Crippen molar-refractivity contribution >= 4 is 17.9 Å². The van der Waals surface area contributed by atoms with Crippen molar-refractivity contribution in [3.05, 3.63) is 24.0 Å². The van der Waals surface area contributed by atoms with Crippen LogP contribution in [-0.4, -0.2) is 72.5 Å². The third-order valence-electron chi connectivity index (χ3n) is 10.0. The molecular formula is C29H40O10. The highest BCUT2D eigenvalue weighted by Gasteiger charge is 2.80. The van der Waals surface area contributed by atoms with Gasteiger partial charge in [-0.2, -0.15) is 0 Å². The maximum atomic E-state index is 13.0. The molecule has 5 aliphatic rings. The summed E-state index contributed by atoms with van der Waals surface area (Å²) in [6.07, 6.45) is 3.37. The zero-order valence-electron chi connectivity index (χ0n) is 23.5. The molecule has 5 rings (SSSR count). The fraction of sp³-hybridized carbons (Fsp3) is 0.759. The summed E-state index contributed by atoms with van der Waals surface area (Å²) < 4.78 is 35.9. The van der Waals surface area contributed by atoms with Crippen molar-refractivity contribution in [3.63, 3.8) is 0 Å². The Labute approximate surface area is 229 Å². The van der Waals surface area contributed by atoms with Crippen molar-refractivity contribution in [3.8, 4) is 0 Å². The van der Waals surface area contributed by atoms with Gasteiger partial charge in [0, 0.05) is 25.2 Å². The maximum absolute atomic E-state index is 13.0. The number of aliphatic hydroxyl groups excluding tert-OH is 1. The molecule has 1 spiro atoms. The summed E-state index contributed by atoms with van der Waals surface area (Å²) >= 11 is 0. The molecule has 10 heteroatoms. The van der Waals surface area contributed by atoms with Crippen LogP contribution in [0.5, 0.6) is 0 Å². The molecule has 2 saturated heterocycles. The Balaban J connectivity index is 1.65. The fourth-order valence-electron chi connectivity index (χ4n) is 7.50. The summed E-state index contributed by atoms with van der Waals surface area (Å²) in [5.41, 5.74) is -2.14. The first-order chi connectivity index (χ1) is 18.4. The molecule has 3 heterocycles. The predicted octanol–water partition coefficient (Wildman–Crippen LogP) is 2.82. The molecule has 2 aliphatic carbocycles. The lowest BCUT2D eigenvalue weighted by Gasteiger charge is -2.62. The Hall–Kier alpha value is -2.43. The zero-order valence-corrected chi connectivity index (χ0v) is 23.5. The number of ether oxygens (including phenoxy) is 6. The lowest BCUT2D eigenvalue weighted by Crippen LogP contribution is -2.72. The molecule has 0 bridgehead atoms. The Morgan fingerprint density at radius 1 is 1.18 bits per heavy atom. The molecule has 10 nitrogen and oxygen atoms in total. The smallest absolute Gasteiger partial charge is 0.309 e. The van der Waals surface area contributed by atoms with E-state index in [0.29, 0.717) is 12.8 Å². The van der Waals surface area contributed by atoms with Crippen LogP contribution in [0.4, 0.5) is 0 Å². The van der Waals surface area contributed by atoms with Crippen LogP contribution in [0, 0.1) is 28.6 Å². The average molecular weight is 549 g/mol. The molecule has 0 amide bonds. The van der Waals surface area contributed by atoms with Crippen molar-refractivity contribution in [2.24, 2.45) is 28.6 Å². The van der Waals surface area contributed by atoms with Gasteiger partial charge in [0.25, 0.3) is 0 Å². The normalized spacial score (nSPS) is 44.5. The molecule has 3 aliphatic heterocycles. The van der Waals surface area contributed by atoms with E-state index in [1.54, 1.807) is 13.2 Å².